The summed E-state index contributed by atoms with van der Waals surface area (Å²) in [7, 11) is 0. The minimum atomic E-state index is -0.278. The van der Waals surface area contributed by atoms with E-state index >= 15 is 0 Å². The first-order valence-electron chi connectivity index (χ1n) is 6.31. The average molecular weight is 304 g/mol. The van der Waals surface area contributed by atoms with Crippen molar-refractivity contribution in [3.05, 3.63) is 21.3 Å². The average Bonchev–Trinajstić information content (AvgIpc) is 2.84. The number of thiophene rings is 1. The Labute approximate surface area is 121 Å². The second-order valence-corrected chi connectivity index (χ2v) is 6.59. The van der Waals surface area contributed by atoms with E-state index in [0.29, 0.717) is 17.5 Å². The van der Waals surface area contributed by atoms with Crippen LogP contribution in [-0.2, 0) is 9.53 Å². The molecule has 6 heteroatoms. The van der Waals surface area contributed by atoms with Crippen LogP contribution < -0.4 is 0 Å². The number of aliphatic hydroxyl groups excluding tert-OH is 1. The fourth-order valence-electron chi connectivity index (χ4n) is 2.17. The van der Waals surface area contributed by atoms with E-state index in [2.05, 4.69) is 0 Å². The smallest absolute Gasteiger partial charge is 0.231 e. The van der Waals surface area contributed by atoms with E-state index in [0.717, 1.165) is 4.88 Å². The molecule has 1 aromatic heterocycles. The van der Waals surface area contributed by atoms with Crippen LogP contribution in [0, 0.1) is 0 Å². The van der Waals surface area contributed by atoms with Crippen molar-refractivity contribution in [3.8, 4) is 0 Å². The monoisotopic (exact) mass is 303 g/mol. The van der Waals surface area contributed by atoms with E-state index in [1.165, 1.54) is 11.3 Å². The number of rotatable bonds is 3. The third-order valence-corrected chi connectivity index (χ3v) is 4.80. The first-order chi connectivity index (χ1) is 9.02. The number of carbonyl (C=O) groups is 1. The van der Waals surface area contributed by atoms with E-state index in [4.69, 9.17) is 21.4 Å². The maximum Gasteiger partial charge on any atom is 0.231 e. The maximum atomic E-state index is 12.5. The predicted octanol–water partition coefficient (Wildman–Crippen LogP) is 2.11. The molecular formula is C13H18ClNO3S. The summed E-state index contributed by atoms with van der Waals surface area (Å²) in [6.45, 7) is 4.70. The lowest BCUT2D eigenvalue weighted by molar-refractivity contribution is -0.147. The van der Waals surface area contributed by atoms with Crippen LogP contribution in [0.4, 0.5) is 0 Å². The van der Waals surface area contributed by atoms with Crippen molar-refractivity contribution >= 4 is 28.8 Å². The normalized spacial score (nSPS) is 25.4. The lowest BCUT2D eigenvalue weighted by atomic mass is 10.1. The second-order valence-electron chi connectivity index (χ2n) is 4.84. The van der Waals surface area contributed by atoms with E-state index in [1.807, 2.05) is 26.0 Å². The fraction of sp³-hybridized carbons (Fsp3) is 0.615. The Morgan fingerprint density at radius 3 is 3.00 bits per heavy atom. The molecule has 3 atom stereocenters. The van der Waals surface area contributed by atoms with Gasteiger partial charge in [-0.25, -0.2) is 0 Å². The molecule has 0 bridgehead atoms. The van der Waals surface area contributed by atoms with Gasteiger partial charge in [0.2, 0.25) is 5.91 Å². The van der Waals surface area contributed by atoms with Gasteiger partial charge in [-0.1, -0.05) is 11.6 Å². The standard InChI is InChI=1S/C13H18ClNO3S/c1-8-7-18-10(6-16)5-15(8)13(17)9(2)11-3-4-12(14)19-11/h3-4,8-10,16H,5-7H2,1-2H3/t8-,9-,10+/m0/s1. The van der Waals surface area contributed by atoms with Gasteiger partial charge in [0.05, 0.1) is 35.6 Å². The summed E-state index contributed by atoms with van der Waals surface area (Å²) < 4.78 is 6.14. The molecule has 0 spiro atoms. The van der Waals surface area contributed by atoms with Crippen LogP contribution in [0.1, 0.15) is 24.6 Å². The Balaban J connectivity index is 2.09. The number of hydrogen-bond donors (Lipinski definition) is 1. The summed E-state index contributed by atoms with van der Waals surface area (Å²) in [5, 5.41) is 9.16. The number of hydrogen-bond acceptors (Lipinski definition) is 4. The van der Waals surface area contributed by atoms with Gasteiger partial charge in [0, 0.05) is 11.4 Å². The van der Waals surface area contributed by atoms with Crippen LogP contribution >= 0.6 is 22.9 Å². The van der Waals surface area contributed by atoms with Gasteiger partial charge in [0.15, 0.2) is 0 Å². The summed E-state index contributed by atoms with van der Waals surface area (Å²) >= 11 is 7.34. The Morgan fingerprint density at radius 1 is 1.68 bits per heavy atom. The Bertz CT molecular complexity index is 451. The quantitative estimate of drug-likeness (QED) is 0.930. The molecule has 1 saturated heterocycles. The van der Waals surface area contributed by atoms with Gasteiger partial charge < -0.3 is 14.7 Å². The van der Waals surface area contributed by atoms with Gasteiger partial charge in [-0.15, -0.1) is 11.3 Å². The third-order valence-electron chi connectivity index (χ3n) is 3.38. The molecular weight excluding hydrogens is 286 g/mol. The van der Waals surface area contributed by atoms with E-state index < -0.39 is 0 Å². The topological polar surface area (TPSA) is 49.8 Å². The van der Waals surface area contributed by atoms with Gasteiger partial charge in [0.25, 0.3) is 0 Å². The predicted molar refractivity (Wildman–Crippen MR) is 75.7 cm³/mol. The minimum absolute atomic E-state index is 0.0354. The highest BCUT2D eigenvalue weighted by Gasteiger charge is 2.32. The van der Waals surface area contributed by atoms with Crippen molar-refractivity contribution in [1.82, 2.24) is 4.90 Å². The molecule has 1 fully saturated rings. The van der Waals surface area contributed by atoms with Gasteiger partial charge in [-0.2, -0.15) is 0 Å². The van der Waals surface area contributed by atoms with Crippen molar-refractivity contribution in [2.45, 2.75) is 31.9 Å². The zero-order valence-corrected chi connectivity index (χ0v) is 12.6. The molecule has 1 aliphatic rings. The zero-order valence-electron chi connectivity index (χ0n) is 11.0. The Hall–Kier alpha value is -0.620. The van der Waals surface area contributed by atoms with E-state index in [1.54, 1.807) is 4.90 Å². The molecule has 1 N–H and O–H groups in total. The first kappa shape index (κ1) is 14.8. The van der Waals surface area contributed by atoms with Crippen LogP contribution in [0.3, 0.4) is 0 Å². The van der Waals surface area contributed by atoms with Crippen molar-refractivity contribution in [2.24, 2.45) is 0 Å². The molecule has 106 valence electrons. The van der Waals surface area contributed by atoms with Crippen molar-refractivity contribution < 1.29 is 14.6 Å². The summed E-state index contributed by atoms with van der Waals surface area (Å²) in [4.78, 5) is 15.3. The lowest BCUT2D eigenvalue weighted by Crippen LogP contribution is -2.53. The number of amides is 1. The van der Waals surface area contributed by atoms with Crippen LogP contribution in [0.2, 0.25) is 4.34 Å². The van der Waals surface area contributed by atoms with Gasteiger partial charge in [-0.3, -0.25) is 4.79 Å². The molecule has 1 aromatic rings. The molecule has 0 aliphatic carbocycles. The van der Waals surface area contributed by atoms with Crippen LogP contribution in [-0.4, -0.2) is 47.8 Å². The summed E-state index contributed by atoms with van der Waals surface area (Å²) in [6, 6.07) is 3.74. The number of carbonyl (C=O) groups excluding carboxylic acids is 1. The van der Waals surface area contributed by atoms with Crippen LogP contribution in [0.25, 0.3) is 0 Å². The SMILES string of the molecule is C[C@H](C(=O)N1C[C@H](CO)OC[C@@H]1C)c1ccc(Cl)s1. The maximum absolute atomic E-state index is 12.5. The van der Waals surface area contributed by atoms with Crippen LogP contribution in [0.15, 0.2) is 12.1 Å². The van der Waals surface area contributed by atoms with Gasteiger partial charge in [-0.05, 0) is 26.0 Å². The third kappa shape index (κ3) is 3.28. The molecule has 0 aromatic carbocycles. The highest BCUT2D eigenvalue weighted by atomic mass is 35.5. The molecule has 0 radical (unpaired) electrons. The molecule has 2 rings (SSSR count). The molecule has 2 heterocycles. The summed E-state index contributed by atoms with van der Waals surface area (Å²) in [5.74, 6) is -0.148. The second kappa shape index (κ2) is 6.22. The number of nitrogens with zero attached hydrogens (tertiary/aromatic N) is 1. The van der Waals surface area contributed by atoms with Gasteiger partial charge >= 0.3 is 0 Å². The van der Waals surface area contributed by atoms with E-state index in [-0.39, 0.29) is 30.6 Å². The summed E-state index contributed by atoms with van der Waals surface area (Å²) in [5.41, 5.74) is 0. The largest absolute Gasteiger partial charge is 0.394 e. The number of ether oxygens (including phenoxy) is 1. The highest BCUT2D eigenvalue weighted by Crippen LogP contribution is 2.30. The van der Waals surface area contributed by atoms with Crippen molar-refractivity contribution in [2.75, 3.05) is 19.8 Å². The Morgan fingerprint density at radius 2 is 2.42 bits per heavy atom. The Kier molecular flexibility index (Phi) is 4.84. The fourth-order valence-corrected chi connectivity index (χ4v) is 3.27. The van der Waals surface area contributed by atoms with E-state index in [9.17, 15) is 4.79 Å². The molecule has 1 amide bonds. The van der Waals surface area contributed by atoms with Crippen LogP contribution in [0.5, 0.6) is 0 Å². The number of morpholine rings is 1. The zero-order chi connectivity index (χ0) is 14.0. The number of halogens is 1. The van der Waals surface area contributed by atoms with Crippen molar-refractivity contribution in [3.63, 3.8) is 0 Å². The summed E-state index contributed by atoms with van der Waals surface area (Å²) in [6.07, 6.45) is -0.278. The molecule has 4 nitrogen and oxygen atoms in total. The minimum Gasteiger partial charge on any atom is -0.394 e. The molecule has 19 heavy (non-hydrogen) atoms. The number of aliphatic hydroxyl groups is 1. The van der Waals surface area contributed by atoms with Gasteiger partial charge in [0.1, 0.15) is 0 Å². The molecule has 0 saturated carbocycles. The van der Waals surface area contributed by atoms with Crippen molar-refractivity contribution in [1.29, 1.82) is 0 Å². The molecule has 1 aliphatic heterocycles. The molecule has 0 unspecified atom stereocenters. The lowest BCUT2D eigenvalue weighted by Gasteiger charge is -2.38. The first-order valence-corrected chi connectivity index (χ1v) is 7.50. The highest BCUT2D eigenvalue weighted by molar-refractivity contribution is 7.16.